The molecule has 1 saturated carbocycles. The number of carbonyl (C=O) groups excluding carboxylic acids is 1. The minimum atomic E-state index is 0.0809. The van der Waals surface area contributed by atoms with E-state index in [4.69, 9.17) is 0 Å². The van der Waals surface area contributed by atoms with Gasteiger partial charge in [-0.05, 0) is 32.8 Å². The van der Waals surface area contributed by atoms with Crippen molar-refractivity contribution < 1.29 is 4.79 Å². The highest BCUT2D eigenvalue weighted by Gasteiger charge is 2.38. The molecule has 4 heterocycles. The third kappa shape index (κ3) is 3.50. The predicted molar refractivity (Wildman–Crippen MR) is 110 cm³/mol. The third-order valence-electron chi connectivity index (χ3n) is 6.64. The molecule has 0 spiro atoms. The second-order valence-electron chi connectivity index (χ2n) is 8.62. The molecule has 2 aromatic rings. The van der Waals surface area contributed by atoms with E-state index >= 15 is 0 Å². The second kappa shape index (κ2) is 7.40. The largest absolute Gasteiger partial charge is 0.355 e. The molecule has 5 rings (SSSR count). The number of aromatic nitrogens is 4. The van der Waals surface area contributed by atoms with E-state index in [-0.39, 0.29) is 5.92 Å². The Kier molecular flexibility index (Phi) is 4.73. The van der Waals surface area contributed by atoms with Gasteiger partial charge in [0.25, 0.3) is 0 Å². The summed E-state index contributed by atoms with van der Waals surface area (Å²) in [5, 5.41) is 4.50. The van der Waals surface area contributed by atoms with Crippen molar-refractivity contribution in [3.05, 3.63) is 29.8 Å². The summed E-state index contributed by atoms with van der Waals surface area (Å²) in [6.45, 7) is 9.27. The topological polar surface area (TPSA) is 70.4 Å². The van der Waals surface area contributed by atoms with Gasteiger partial charge in [-0.15, -0.1) is 0 Å². The fourth-order valence-corrected chi connectivity index (χ4v) is 4.63. The molecule has 2 saturated heterocycles. The molecule has 8 nitrogen and oxygen atoms in total. The molecular weight excluding hydrogens is 366 g/mol. The van der Waals surface area contributed by atoms with Gasteiger partial charge in [0.2, 0.25) is 5.91 Å². The Morgan fingerprint density at radius 2 is 1.72 bits per heavy atom. The van der Waals surface area contributed by atoms with Crippen molar-refractivity contribution in [2.75, 3.05) is 44.2 Å². The summed E-state index contributed by atoms with van der Waals surface area (Å²) in [4.78, 5) is 28.5. The molecule has 2 aliphatic heterocycles. The Morgan fingerprint density at radius 3 is 2.34 bits per heavy atom. The van der Waals surface area contributed by atoms with E-state index in [0.29, 0.717) is 5.91 Å². The Morgan fingerprint density at radius 1 is 1.00 bits per heavy atom. The number of hydrogen-bond acceptors (Lipinski definition) is 6. The number of piperazine rings is 1. The van der Waals surface area contributed by atoms with E-state index in [1.807, 2.05) is 30.7 Å². The van der Waals surface area contributed by atoms with Crippen molar-refractivity contribution in [3.63, 3.8) is 0 Å². The molecule has 0 atom stereocenters. The SMILES string of the molecule is Cc1cc(C)n(-c2cc(N3CC(C(=O)N4CCN(C5CCC5)CC4)C3)ncn2)n1. The van der Waals surface area contributed by atoms with Gasteiger partial charge in [-0.3, -0.25) is 9.69 Å². The Hall–Kier alpha value is -2.48. The van der Waals surface area contributed by atoms with Crippen molar-refractivity contribution in [1.29, 1.82) is 0 Å². The molecule has 1 aliphatic carbocycles. The van der Waals surface area contributed by atoms with Crippen molar-refractivity contribution >= 4 is 11.7 Å². The van der Waals surface area contributed by atoms with Gasteiger partial charge in [-0.1, -0.05) is 6.42 Å². The first-order valence-corrected chi connectivity index (χ1v) is 10.7. The number of anilines is 1. The summed E-state index contributed by atoms with van der Waals surface area (Å²) in [5.41, 5.74) is 2.01. The van der Waals surface area contributed by atoms with E-state index in [1.165, 1.54) is 19.3 Å². The molecule has 0 N–H and O–H groups in total. The summed E-state index contributed by atoms with van der Waals surface area (Å²) < 4.78 is 1.84. The van der Waals surface area contributed by atoms with Crippen LogP contribution in [0, 0.1) is 19.8 Å². The number of aryl methyl sites for hydroxylation is 2. The molecule has 0 unspecified atom stereocenters. The fourth-order valence-electron chi connectivity index (χ4n) is 4.63. The Bertz CT molecular complexity index is 892. The molecule has 1 amide bonds. The lowest BCUT2D eigenvalue weighted by Crippen LogP contribution is -2.59. The third-order valence-corrected chi connectivity index (χ3v) is 6.64. The maximum Gasteiger partial charge on any atom is 0.229 e. The van der Waals surface area contributed by atoms with Gasteiger partial charge in [0.15, 0.2) is 5.82 Å². The van der Waals surface area contributed by atoms with Crippen LogP contribution in [-0.2, 0) is 4.79 Å². The minimum absolute atomic E-state index is 0.0809. The summed E-state index contributed by atoms with van der Waals surface area (Å²) in [7, 11) is 0. The van der Waals surface area contributed by atoms with Gasteiger partial charge in [-0.25, -0.2) is 14.6 Å². The molecule has 0 aromatic carbocycles. The van der Waals surface area contributed by atoms with E-state index in [0.717, 1.165) is 68.3 Å². The van der Waals surface area contributed by atoms with Crippen LogP contribution in [0.5, 0.6) is 0 Å². The summed E-state index contributed by atoms with van der Waals surface area (Å²) in [6, 6.07) is 4.77. The van der Waals surface area contributed by atoms with Crippen LogP contribution in [0.25, 0.3) is 5.82 Å². The lowest BCUT2D eigenvalue weighted by molar-refractivity contribution is -0.138. The molecule has 3 fully saturated rings. The van der Waals surface area contributed by atoms with Crippen molar-refractivity contribution in [3.8, 4) is 5.82 Å². The quantitative estimate of drug-likeness (QED) is 0.780. The highest BCUT2D eigenvalue weighted by Crippen LogP contribution is 2.28. The zero-order valence-corrected chi connectivity index (χ0v) is 17.3. The molecule has 8 heteroatoms. The average Bonchev–Trinajstić information content (AvgIpc) is 2.98. The molecule has 154 valence electrons. The van der Waals surface area contributed by atoms with Gasteiger partial charge >= 0.3 is 0 Å². The normalized spacial score (nSPS) is 21.2. The highest BCUT2D eigenvalue weighted by atomic mass is 16.2. The summed E-state index contributed by atoms with van der Waals surface area (Å²) in [6.07, 6.45) is 5.62. The number of hydrogen-bond donors (Lipinski definition) is 0. The van der Waals surface area contributed by atoms with Crippen molar-refractivity contribution in [1.82, 2.24) is 29.5 Å². The minimum Gasteiger partial charge on any atom is -0.355 e. The number of rotatable bonds is 4. The Balaban J connectivity index is 1.17. The molecule has 29 heavy (non-hydrogen) atoms. The van der Waals surface area contributed by atoms with Crippen LogP contribution in [0.2, 0.25) is 0 Å². The zero-order chi connectivity index (χ0) is 20.0. The van der Waals surface area contributed by atoms with Crippen LogP contribution in [0.3, 0.4) is 0 Å². The highest BCUT2D eigenvalue weighted by molar-refractivity contribution is 5.82. The Labute approximate surface area is 171 Å². The molecule has 0 radical (unpaired) electrons. The average molecular weight is 396 g/mol. The number of carbonyl (C=O) groups is 1. The van der Waals surface area contributed by atoms with Crippen LogP contribution in [0.1, 0.15) is 30.7 Å². The zero-order valence-electron chi connectivity index (χ0n) is 17.3. The fraction of sp³-hybridized carbons (Fsp3) is 0.619. The van der Waals surface area contributed by atoms with E-state index < -0.39 is 0 Å². The predicted octanol–water partition coefficient (Wildman–Crippen LogP) is 1.41. The summed E-state index contributed by atoms with van der Waals surface area (Å²) >= 11 is 0. The van der Waals surface area contributed by atoms with Crippen LogP contribution in [-0.4, -0.2) is 80.8 Å². The van der Waals surface area contributed by atoms with Gasteiger partial charge in [0, 0.05) is 57.1 Å². The van der Waals surface area contributed by atoms with Crippen molar-refractivity contribution in [2.45, 2.75) is 39.2 Å². The number of amides is 1. The maximum atomic E-state index is 12.9. The number of nitrogens with zero attached hydrogens (tertiary/aromatic N) is 7. The first-order chi connectivity index (χ1) is 14.1. The lowest BCUT2D eigenvalue weighted by Gasteiger charge is -2.46. The van der Waals surface area contributed by atoms with Gasteiger partial charge in [-0.2, -0.15) is 5.10 Å². The van der Waals surface area contributed by atoms with E-state index in [9.17, 15) is 4.79 Å². The van der Waals surface area contributed by atoms with Crippen LogP contribution in [0.15, 0.2) is 18.5 Å². The van der Waals surface area contributed by atoms with Crippen molar-refractivity contribution in [2.24, 2.45) is 5.92 Å². The van der Waals surface area contributed by atoms with Gasteiger partial charge < -0.3 is 9.80 Å². The van der Waals surface area contributed by atoms with E-state index in [2.05, 4.69) is 29.8 Å². The van der Waals surface area contributed by atoms with Crippen LogP contribution in [0.4, 0.5) is 5.82 Å². The first kappa shape index (κ1) is 18.5. The van der Waals surface area contributed by atoms with E-state index in [1.54, 1.807) is 6.33 Å². The maximum absolute atomic E-state index is 12.9. The molecule has 2 aromatic heterocycles. The van der Waals surface area contributed by atoms with Crippen LogP contribution < -0.4 is 4.90 Å². The molecule has 0 bridgehead atoms. The molecule has 3 aliphatic rings. The smallest absolute Gasteiger partial charge is 0.229 e. The summed E-state index contributed by atoms with van der Waals surface area (Å²) in [5.74, 6) is 2.02. The standard InChI is InChI=1S/C21H29N7O/c1-15-10-16(2)28(24-15)20-11-19(22-14-23-20)27-12-17(13-27)21(29)26-8-6-25(7-9-26)18-4-3-5-18/h10-11,14,17-18H,3-9,12-13H2,1-2H3. The van der Waals surface area contributed by atoms with Gasteiger partial charge in [0.1, 0.15) is 12.1 Å². The lowest BCUT2D eigenvalue weighted by atomic mass is 9.91. The molecular formula is C21H29N7O. The second-order valence-corrected chi connectivity index (χ2v) is 8.62. The first-order valence-electron chi connectivity index (χ1n) is 10.7. The monoisotopic (exact) mass is 395 g/mol. The van der Waals surface area contributed by atoms with Crippen LogP contribution >= 0.6 is 0 Å². The van der Waals surface area contributed by atoms with Gasteiger partial charge in [0.05, 0.1) is 11.6 Å².